The topological polar surface area (TPSA) is 77.4 Å². The molecule has 0 bridgehead atoms. The van der Waals surface area contributed by atoms with Gasteiger partial charge in [-0.2, -0.15) is 0 Å². The molecule has 1 aromatic heterocycles. The predicted molar refractivity (Wildman–Crippen MR) is 94.4 cm³/mol. The van der Waals surface area contributed by atoms with Crippen molar-refractivity contribution in [2.75, 3.05) is 0 Å². The number of hydrogen-bond donors (Lipinski definition) is 1. The van der Waals surface area contributed by atoms with E-state index in [0.29, 0.717) is 17.4 Å². The molecule has 1 amide bonds. The van der Waals surface area contributed by atoms with Crippen molar-refractivity contribution < 1.29 is 19.1 Å². The number of nitrogens with one attached hydrogen (secondary N) is 1. The molecule has 4 atom stereocenters. The van der Waals surface area contributed by atoms with Crippen LogP contribution in [-0.4, -0.2) is 34.4 Å². The molecule has 138 valence electrons. The van der Waals surface area contributed by atoms with Gasteiger partial charge in [-0.1, -0.05) is 26.7 Å². The zero-order chi connectivity index (χ0) is 18.7. The highest BCUT2D eigenvalue weighted by atomic mass is 16.5. The average Bonchev–Trinajstić information content (AvgIpc) is 2.94. The number of carbonyl (C=O) groups excluding carboxylic acids is 3. The van der Waals surface area contributed by atoms with Crippen LogP contribution in [0.3, 0.4) is 0 Å². The molecule has 1 saturated carbocycles. The maximum absolute atomic E-state index is 12.4. The molecule has 1 N–H and O–H groups in total. The molecule has 0 unspecified atom stereocenters. The minimum Gasteiger partial charge on any atom is -0.448 e. The van der Waals surface area contributed by atoms with Crippen LogP contribution in [0, 0.1) is 11.8 Å². The number of Topliss-reactive ketones (excluding diaryl/α,β-unsaturated/α-hetero) is 1. The van der Waals surface area contributed by atoms with Gasteiger partial charge in [-0.25, -0.2) is 4.79 Å². The number of ether oxygens (including phenoxy) is 1. The third-order valence-corrected chi connectivity index (χ3v) is 5.31. The fourth-order valence-corrected chi connectivity index (χ4v) is 3.32. The van der Waals surface area contributed by atoms with Gasteiger partial charge in [0.05, 0.1) is 0 Å². The Morgan fingerprint density at radius 1 is 1.28 bits per heavy atom. The fourth-order valence-electron chi connectivity index (χ4n) is 3.32. The van der Waals surface area contributed by atoms with Gasteiger partial charge in [0, 0.05) is 24.8 Å². The van der Waals surface area contributed by atoms with E-state index in [4.69, 9.17) is 4.74 Å². The molecule has 6 heteroatoms. The maximum Gasteiger partial charge on any atom is 0.355 e. The van der Waals surface area contributed by atoms with Crippen molar-refractivity contribution in [2.45, 2.75) is 59.1 Å². The smallest absolute Gasteiger partial charge is 0.355 e. The molecule has 6 nitrogen and oxygen atoms in total. The summed E-state index contributed by atoms with van der Waals surface area (Å²) in [5.74, 6) is -0.0271. The highest BCUT2D eigenvalue weighted by molar-refractivity contribution is 5.98. The fraction of sp³-hybridized carbons (Fsp3) is 0.632. The lowest BCUT2D eigenvalue weighted by molar-refractivity contribution is -0.130. The van der Waals surface area contributed by atoms with Gasteiger partial charge >= 0.3 is 5.97 Å². The number of aromatic nitrogens is 1. The molecular weight excluding hydrogens is 320 g/mol. The van der Waals surface area contributed by atoms with Gasteiger partial charge in [-0.15, -0.1) is 0 Å². The largest absolute Gasteiger partial charge is 0.448 e. The minimum atomic E-state index is -0.882. The summed E-state index contributed by atoms with van der Waals surface area (Å²) in [7, 11) is 1.67. The molecule has 0 aromatic carbocycles. The third kappa shape index (κ3) is 4.50. The number of ketones is 1. The second-order valence-electron chi connectivity index (χ2n) is 7.21. The zero-order valence-electron chi connectivity index (χ0n) is 15.7. The van der Waals surface area contributed by atoms with Crippen molar-refractivity contribution in [3.63, 3.8) is 0 Å². The van der Waals surface area contributed by atoms with Gasteiger partial charge in [0.2, 0.25) is 0 Å². The minimum absolute atomic E-state index is 0.122. The first-order valence-electron chi connectivity index (χ1n) is 8.89. The molecule has 1 aromatic rings. The Bertz CT molecular complexity index is 664. The van der Waals surface area contributed by atoms with Gasteiger partial charge in [-0.3, -0.25) is 9.59 Å². The molecule has 0 aliphatic heterocycles. The van der Waals surface area contributed by atoms with Gasteiger partial charge in [0.25, 0.3) is 5.91 Å². The lowest BCUT2D eigenvalue weighted by Crippen LogP contribution is -2.47. The highest BCUT2D eigenvalue weighted by Crippen LogP contribution is 2.29. The SMILES string of the molecule is CC(=O)c1cc(C(=O)O[C@H](C)C(=O)N[C@@H]2CCC[C@@H](C)[C@H]2C)n(C)c1. The first-order valence-corrected chi connectivity index (χ1v) is 8.89. The van der Waals surface area contributed by atoms with E-state index in [1.54, 1.807) is 20.2 Å². The second-order valence-corrected chi connectivity index (χ2v) is 7.21. The quantitative estimate of drug-likeness (QED) is 0.655. The summed E-state index contributed by atoms with van der Waals surface area (Å²) in [6.45, 7) is 7.36. The predicted octanol–water partition coefficient (Wildman–Crippen LogP) is 2.71. The Labute approximate surface area is 148 Å². The van der Waals surface area contributed by atoms with Crippen LogP contribution < -0.4 is 5.32 Å². The first kappa shape index (κ1) is 19.2. The number of esters is 1. The van der Waals surface area contributed by atoms with Crippen LogP contribution in [0.5, 0.6) is 0 Å². The zero-order valence-corrected chi connectivity index (χ0v) is 15.7. The molecule has 2 rings (SSSR count). The van der Waals surface area contributed by atoms with Crippen molar-refractivity contribution in [1.29, 1.82) is 0 Å². The standard InChI is InChI=1S/C19H28N2O4/c1-11-7-6-8-16(12(11)2)20-18(23)14(4)25-19(24)17-9-15(13(3)22)10-21(17)5/h9-12,14,16H,6-8H2,1-5H3,(H,20,23)/t11-,12-,14-,16-/m1/s1. The van der Waals surface area contributed by atoms with Gasteiger partial charge in [0.1, 0.15) is 5.69 Å². The van der Waals surface area contributed by atoms with Crippen LogP contribution >= 0.6 is 0 Å². The van der Waals surface area contributed by atoms with Crippen molar-refractivity contribution in [2.24, 2.45) is 18.9 Å². The van der Waals surface area contributed by atoms with E-state index in [-0.39, 0.29) is 23.4 Å². The normalized spacial score (nSPS) is 24.4. The molecule has 1 aliphatic carbocycles. The van der Waals surface area contributed by atoms with E-state index in [1.165, 1.54) is 24.0 Å². The van der Waals surface area contributed by atoms with Crippen LogP contribution in [0.2, 0.25) is 0 Å². The van der Waals surface area contributed by atoms with Gasteiger partial charge < -0.3 is 14.6 Å². The van der Waals surface area contributed by atoms with Crippen molar-refractivity contribution in [1.82, 2.24) is 9.88 Å². The molecule has 0 spiro atoms. The van der Waals surface area contributed by atoms with Gasteiger partial charge in [-0.05, 0) is 38.2 Å². The number of amides is 1. The summed E-state index contributed by atoms with van der Waals surface area (Å²) in [6, 6.07) is 1.61. The van der Waals surface area contributed by atoms with E-state index in [2.05, 4.69) is 19.2 Å². The number of rotatable bonds is 5. The Kier molecular flexibility index (Phi) is 6.03. The van der Waals surface area contributed by atoms with E-state index in [9.17, 15) is 14.4 Å². The lowest BCUT2D eigenvalue weighted by Gasteiger charge is -2.35. The van der Waals surface area contributed by atoms with E-state index >= 15 is 0 Å². The summed E-state index contributed by atoms with van der Waals surface area (Å²) in [6.07, 6.45) is 3.94. The summed E-state index contributed by atoms with van der Waals surface area (Å²) in [5.41, 5.74) is 0.695. The Morgan fingerprint density at radius 2 is 1.96 bits per heavy atom. The lowest BCUT2D eigenvalue weighted by atomic mass is 9.78. The molecular formula is C19H28N2O4. The number of hydrogen-bond acceptors (Lipinski definition) is 4. The summed E-state index contributed by atoms with van der Waals surface area (Å²) in [5, 5.41) is 3.02. The van der Waals surface area contributed by atoms with Crippen LogP contribution in [0.1, 0.15) is 67.8 Å². The maximum atomic E-state index is 12.4. The highest BCUT2D eigenvalue weighted by Gasteiger charge is 2.30. The van der Waals surface area contributed by atoms with E-state index in [1.807, 2.05) is 0 Å². The van der Waals surface area contributed by atoms with E-state index in [0.717, 1.165) is 12.8 Å². The molecule has 1 aliphatic rings. The van der Waals surface area contributed by atoms with Crippen molar-refractivity contribution >= 4 is 17.7 Å². The van der Waals surface area contributed by atoms with Crippen LogP contribution in [0.4, 0.5) is 0 Å². The monoisotopic (exact) mass is 348 g/mol. The Morgan fingerprint density at radius 3 is 2.56 bits per heavy atom. The van der Waals surface area contributed by atoms with E-state index < -0.39 is 12.1 Å². The second kappa shape index (κ2) is 7.85. The van der Waals surface area contributed by atoms with Crippen LogP contribution in [0.25, 0.3) is 0 Å². The Hall–Kier alpha value is -2.11. The van der Waals surface area contributed by atoms with Crippen molar-refractivity contribution in [3.05, 3.63) is 23.5 Å². The summed E-state index contributed by atoms with van der Waals surface area (Å²) < 4.78 is 6.83. The first-order chi connectivity index (χ1) is 11.7. The number of aryl methyl sites for hydroxylation is 1. The van der Waals surface area contributed by atoms with Crippen molar-refractivity contribution in [3.8, 4) is 0 Å². The molecule has 1 heterocycles. The summed E-state index contributed by atoms with van der Waals surface area (Å²) >= 11 is 0. The number of carbonyl (C=O) groups is 3. The van der Waals surface area contributed by atoms with Crippen LogP contribution in [0.15, 0.2) is 12.3 Å². The molecule has 1 fully saturated rings. The van der Waals surface area contributed by atoms with Crippen LogP contribution in [-0.2, 0) is 16.6 Å². The third-order valence-electron chi connectivity index (χ3n) is 5.31. The Balaban J connectivity index is 1.96. The average molecular weight is 348 g/mol. The molecule has 0 radical (unpaired) electrons. The number of nitrogens with zero attached hydrogens (tertiary/aromatic N) is 1. The summed E-state index contributed by atoms with van der Waals surface area (Å²) in [4.78, 5) is 36.1. The molecule has 25 heavy (non-hydrogen) atoms. The van der Waals surface area contributed by atoms with Gasteiger partial charge in [0.15, 0.2) is 11.9 Å². The molecule has 0 saturated heterocycles.